The lowest BCUT2D eigenvalue weighted by molar-refractivity contribution is 0.960. The maximum Gasteiger partial charge on any atom is 0.0925 e. The van der Waals surface area contributed by atoms with E-state index in [0.717, 1.165) is 29.4 Å². The van der Waals surface area contributed by atoms with Gasteiger partial charge in [-0.25, -0.2) is 4.98 Å². The molecule has 0 aliphatic carbocycles. The van der Waals surface area contributed by atoms with E-state index in [1.807, 2.05) is 18.7 Å². The Hall–Kier alpha value is -0.970. The van der Waals surface area contributed by atoms with Crippen molar-refractivity contribution in [2.45, 2.75) is 19.6 Å². The highest BCUT2D eigenvalue weighted by atomic mass is 32.2. The number of rotatable bonds is 5. The number of amidine groups is 1. The van der Waals surface area contributed by atoms with Crippen LogP contribution in [0.5, 0.6) is 0 Å². The van der Waals surface area contributed by atoms with Crippen molar-refractivity contribution in [2.75, 3.05) is 12.3 Å². The predicted molar refractivity (Wildman–Crippen MR) is 60.9 cm³/mol. The highest BCUT2D eigenvalue weighted by molar-refractivity contribution is 7.98. The maximum atomic E-state index is 7.17. The molecule has 1 aromatic rings. The van der Waals surface area contributed by atoms with Crippen molar-refractivity contribution >= 4 is 17.6 Å². The number of hydrogen-bond donors (Lipinski definition) is 3. The summed E-state index contributed by atoms with van der Waals surface area (Å²) in [5, 5.41) is 10.1. The largest absolute Gasteiger partial charge is 0.373 e. The van der Waals surface area contributed by atoms with Crippen LogP contribution < -0.4 is 5.32 Å². The predicted octanol–water partition coefficient (Wildman–Crippen LogP) is 1.54. The van der Waals surface area contributed by atoms with Crippen LogP contribution in [-0.2, 0) is 5.75 Å². The molecular formula is C9H16N4S. The highest BCUT2D eigenvalue weighted by Gasteiger charge is 1.99. The van der Waals surface area contributed by atoms with Crippen LogP contribution in [-0.4, -0.2) is 28.1 Å². The molecule has 78 valence electrons. The van der Waals surface area contributed by atoms with E-state index in [0.29, 0.717) is 5.84 Å². The SMILES string of the molecule is CC(=N)NCCSCc1nc[nH]c1C. The third kappa shape index (κ3) is 3.83. The first-order chi connectivity index (χ1) is 6.70. The fraction of sp³-hybridized carbons (Fsp3) is 0.556. The molecule has 5 heteroatoms. The maximum absolute atomic E-state index is 7.17. The number of H-pyrrole nitrogens is 1. The summed E-state index contributed by atoms with van der Waals surface area (Å²) in [4.78, 5) is 7.26. The van der Waals surface area contributed by atoms with Crippen LogP contribution in [0.15, 0.2) is 6.33 Å². The molecule has 0 atom stereocenters. The van der Waals surface area contributed by atoms with E-state index in [9.17, 15) is 0 Å². The van der Waals surface area contributed by atoms with Crippen LogP contribution in [0.3, 0.4) is 0 Å². The summed E-state index contributed by atoms with van der Waals surface area (Å²) < 4.78 is 0. The number of aryl methyl sites for hydroxylation is 1. The summed E-state index contributed by atoms with van der Waals surface area (Å²) in [5.74, 6) is 2.47. The standard InChI is InChI=1S/C9H16N4S/c1-7-9(13-6-12-7)5-14-4-3-11-8(2)10/h6H,3-5H2,1-2H3,(H2,10,11)(H,12,13). The van der Waals surface area contributed by atoms with Gasteiger partial charge in [0, 0.05) is 23.7 Å². The molecule has 0 saturated carbocycles. The Labute approximate surface area is 88.4 Å². The van der Waals surface area contributed by atoms with E-state index in [4.69, 9.17) is 5.41 Å². The summed E-state index contributed by atoms with van der Waals surface area (Å²) in [6.45, 7) is 4.63. The fourth-order valence-corrected chi connectivity index (χ4v) is 1.89. The second kappa shape index (κ2) is 5.70. The molecule has 0 aliphatic rings. The molecule has 0 bridgehead atoms. The first kappa shape index (κ1) is 11.1. The van der Waals surface area contributed by atoms with Crippen LogP contribution >= 0.6 is 11.8 Å². The Bertz CT molecular complexity index is 295. The average molecular weight is 212 g/mol. The fourth-order valence-electron chi connectivity index (χ4n) is 1.01. The quantitative estimate of drug-likeness (QED) is 0.394. The van der Waals surface area contributed by atoms with E-state index in [-0.39, 0.29) is 0 Å². The Morgan fingerprint density at radius 1 is 1.71 bits per heavy atom. The summed E-state index contributed by atoms with van der Waals surface area (Å²) in [6, 6.07) is 0. The van der Waals surface area contributed by atoms with Crippen molar-refractivity contribution in [3.8, 4) is 0 Å². The van der Waals surface area contributed by atoms with Crippen LogP contribution in [0.2, 0.25) is 0 Å². The van der Waals surface area contributed by atoms with Gasteiger partial charge in [0.2, 0.25) is 0 Å². The van der Waals surface area contributed by atoms with Gasteiger partial charge in [0.25, 0.3) is 0 Å². The lowest BCUT2D eigenvalue weighted by atomic mass is 10.4. The van der Waals surface area contributed by atoms with Gasteiger partial charge in [0.05, 0.1) is 17.9 Å². The Kier molecular flexibility index (Phi) is 4.52. The van der Waals surface area contributed by atoms with Crippen LogP contribution in [0, 0.1) is 12.3 Å². The Morgan fingerprint density at radius 2 is 2.50 bits per heavy atom. The third-order valence-electron chi connectivity index (χ3n) is 1.81. The molecule has 0 saturated heterocycles. The molecule has 1 aromatic heterocycles. The molecule has 4 nitrogen and oxygen atoms in total. The number of hydrogen-bond acceptors (Lipinski definition) is 3. The molecule has 0 fully saturated rings. The van der Waals surface area contributed by atoms with Gasteiger partial charge in [-0.2, -0.15) is 11.8 Å². The molecule has 1 rings (SSSR count). The van der Waals surface area contributed by atoms with Crippen molar-refractivity contribution in [3.05, 3.63) is 17.7 Å². The Morgan fingerprint density at radius 3 is 3.07 bits per heavy atom. The van der Waals surface area contributed by atoms with Gasteiger partial charge in [0.1, 0.15) is 0 Å². The van der Waals surface area contributed by atoms with Gasteiger partial charge in [-0.3, -0.25) is 5.41 Å². The molecule has 0 aromatic carbocycles. The van der Waals surface area contributed by atoms with Crippen molar-refractivity contribution in [2.24, 2.45) is 0 Å². The second-order valence-electron chi connectivity index (χ2n) is 3.08. The number of aromatic nitrogens is 2. The minimum absolute atomic E-state index is 0.529. The number of thioether (sulfide) groups is 1. The Balaban J connectivity index is 2.10. The van der Waals surface area contributed by atoms with Crippen molar-refractivity contribution in [1.82, 2.24) is 15.3 Å². The normalized spacial score (nSPS) is 10.1. The lowest BCUT2D eigenvalue weighted by Crippen LogP contribution is -2.21. The summed E-state index contributed by atoms with van der Waals surface area (Å²) in [7, 11) is 0. The molecule has 0 spiro atoms. The number of nitrogens with one attached hydrogen (secondary N) is 3. The molecule has 0 amide bonds. The molecule has 14 heavy (non-hydrogen) atoms. The van der Waals surface area contributed by atoms with Crippen molar-refractivity contribution < 1.29 is 0 Å². The zero-order valence-electron chi connectivity index (χ0n) is 8.55. The van der Waals surface area contributed by atoms with Crippen molar-refractivity contribution in [3.63, 3.8) is 0 Å². The number of imidazole rings is 1. The first-order valence-electron chi connectivity index (χ1n) is 4.55. The monoisotopic (exact) mass is 212 g/mol. The number of nitrogens with zero attached hydrogens (tertiary/aromatic N) is 1. The summed E-state index contributed by atoms with van der Waals surface area (Å²) in [6.07, 6.45) is 1.73. The van der Waals surface area contributed by atoms with Gasteiger partial charge in [0.15, 0.2) is 0 Å². The zero-order valence-corrected chi connectivity index (χ0v) is 9.37. The van der Waals surface area contributed by atoms with E-state index >= 15 is 0 Å². The van der Waals surface area contributed by atoms with E-state index < -0.39 is 0 Å². The van der Waals surface area contributed by atoms with Crippen LogP contribution in [0.1, 0.15) is 18.3 Å². The van der Waals surface area contributed by atoms with Gasteiger partial charge in [-0.05, 0) is 13.8 Å². The van der Waals surface area contributed by atoms with E-state index in [2.05, 4.69) is 15.3 Å². The minimum Gasteiger partial charge on any atom is -0.373 e. The van der Waals surface area contributed by atoms with Crippen LogP contribution in [0.25, 0.3) is 0 Å². The first-order valence-corrected chi connectivity index (χ1v) is 5.71. The van der Waals surface area contributed by atoms with Gasteiger partial charge < -0.3 is 10.3 Å². The van der Waals surface area contributed by atoms with Gasteiger partial charge in [-0.15, -0.1) is 0 Å². The zero-order chi connectivity index (χ0) is 10.4. The molecule has 0 unspecified atom stereocenters. The third-order valence-corrected chi connectivity index (χ3v) is 2.78. The molecule has 1 heterocycles. The lowest BCUT2D eigenvalue weighted by Gasteiger charge is -2.02. The highest BCUT2D eigenvalue weighted by Crippen LogP contribution is 2.11. The average Bonchev–Trinajstić information content (AvgIpc) is 2.51. The van der Waals surface area contributed by atoms with Crippen molar-refractivity contribution in [1.29, 1.82) is 5.41 Å². The van der Waals surface area contributed by atoms with E-state index in [1.165, 1.54) is 0 Å². The molecular weight excluding hydrogens is 196 g/mol. The summed E-state index contributed by atoms with van der Waals surface area (Å²) in [5.41, 5.74) is 2.27. The molecule has 0 radical (unpaired) electrons. The molecule has 0 aliphatic heterocycles. The minimum atomic E-state index is 0.529. The second-order valence-corrected chi connectivity index (χ2v) is 4.18. The molecule has 3 N–H and O–H groups in total. The smallest absolute Gasteiger partial charge is 0.0925 e. The van der Waals surface area contributed by atoms with Gasteiger partial charge >= 0.3 is 0 Å². The topological polar surface area (TPSA) is 64.6 Å². The number of aromatic amines is 1. The summed E-state index contributed by atoms with van der Waals surface area (Å²) >= 11 is 1.83. The van der Waals surface area contributed by atoms with Crippen LogP contribution in [0.4, 0.5) is 0 Å². The van der Waals surface area contributed by atoms with Gasteiger partial charge in [-0.1, -0.05) is 0 Å². The van der Waals surface area contributed by atoms with E-state index in [1.54, 1.807) is 13.3 Å².